The molecule has 200 valence electrons. The molecule has 0 aliphatic carbocycles. The molecule has 6 aromatic rings. The van der Waals surface area contributed by atoms with Crippen LogP contribution in [-0.4, -0.2) is 20.4 Å². The molecule has 0 saturated heterocycles. The van der Waals surface area contributed by atoms with Crippen LogP contribution in [0.4, 0.5) is 4.39 Å². The summed E-state index contributed by atoms with van der Waals surface area (Å²) in [6, 6.07) is 17.5. The van der Waals surface area contributed by atoms with E-state index in [4.69, 9.17) is 5.73 Å². The van der Waals surface area contributed by atoms with Crippen LogP contribution in [0.2, 0.25) is 0 Å². The van der Waals surface area contributed by atoms with Crippen molar-refractivity contribution in [2.24, 2.45) is 5.73 Å². The van der Waals surface area contributed by atoms with Gasteiger partial charge in [-0.25, -0.2) is 13.8 Å². The van der Waals surface area contributed by atoms with Crippen LogP contribution in [0.1, 0.15) is 46.8 Å². The van der Waals surface area contributed by atoms with Gasteiger partial charge < -0.3 is 15.7 Å². The molecule has 0 spiro atoms. The van der Waals surface area contributed by atoms with Crippen molar-refractivity contribution in [3.8, 4) is 16.8 Å². The normalized spacial score (nSPS) is 11.8. The van der Waals surface area contributed by atoms with E-state index in [0.717, 1.165) is 43.1 Å². The van der Waals surface area contributed by atoms with Crippen molar-refractivity contribution in [2.75, 3.05) is 0 Å². The molecule has 1 amide bonds. The molecule has 6 rings (SSSR count). The van der Waals surface area contributed by atoms with Crippen LogP contribution in [0.15, 0.2) is 70.3 Å². The standard InChI is InChI=1S/C32H27FN4O3/c1-15(2)18-11-12-20-24(14-18)35-29-22(30(34)38)13-16(3)26(27(20)29)19-7-6-10-25(17(19)4)37-31(39)21-8-5-9-23(33)28(21)36-32(37)40/h5-15,35H,1-4H3,(H2,34,38)(H,36,40). The number of benzene rings is 4. The third-order valence-corrected chi connectivity index (χ3v) is 7.73. The van der Waals surface area contributed by atoms with Gasteiger partial charge in [-0.15, -0.1) is 0 Å². The molecule has 0 fully saturated rings. The average Bonchev–Trinajstić information content (AvgIpc) is 3.28. The van der Waals surface area contributed by atoms with Crippen molar-refractivity contribution in [3.63, 3.8) is 0 Å². The van der Waals surface area contributed by atoms with Gasteiger partial charge >= 0.3 is 5.69 Å². The molecule has 0 unspecified atom stereocenters. The highest BCUT2D eigenvalue weighted by atomic mass is 19.1. The first-order chi connectivity index (χ1) is 19.1. The molecular formula is C32H27FN4O3. The maximum Gasteiger partial charge on any atom is 0.333 e. The monoisotopic (exact) mass is 534 g/mol. The third-order valence-electron chi connectivity index (χ3n) is 7.73. The molecule has 0 aliphatic heterocycles. The van der Waals surface area contributed by atoms with E-state index in [2.05, 4.69) is 35.9 Å². The minimum Gasteiger partial charge on any atom is -0.366 e. The Balaban J connectivity index is 1.69. The zero-order valence-electron chi connectivity index (χ0n) is 22.5. The number of H-pyrrole nitrogens is 2. The number of rotatable bonds is 4. The number of amides is 1. The number of aryl methyl sites for hydroxylation is 1. The molecule has 4 aromatic carbocycles. The van der Waals surface area contributed by atoms with Crippen molar-refractivity contribution < 1.29 is 9.18 Å². The first-order valence-corrected chi connectivity index (χ1v) is 13.0. The number of primary amides is 1. The molecule has 2 aromatic heterocycles. The van der Waals surface area contributed by atoms with Crippen LogP contribution in [0.3, 0.4) is 0 Å². The number of nitrogens with zero attached hydrogens (tertiary/aromatic N) is 1. The van der Waals surface area contributed by atoms with E-state index in [1.807, 2.05) is 26.0 Å². The minimum atomic E-state index is -0.734. The lowest BCUT2D eigenvalue weighted by molar-refractivity contribution is 0.100. The Morgan fingerprint density at radius 3 is 2.40 bits per heavy atom. The van der Waals surface area contributed by atoms with Gasteiger partial charge in [0.2, 0.25) is 0 Å². The molecule has 8 heteroatoms. The Morgan fingerprint density at radius 2 is 1.68 bits per heavy atom. The molecule has 2 heterocycles. The van der Waals surface area contributed by atoms with Crippen LogP contribution in [0.25, 0.3) is 49.5 Å². The zero-order chi connectivity index (χ0) is 28.5. The number of carbonyl (C=O) groups excluding carboxylic acids is 1. The fraction of sp³-hybridized carbons (Fsp3) is 0.156. The molecule has 0 atom stereocenters. The highest BCUT2D eigenvalue weighted by Gasteiger charge is 2.22. The Kier molecular flexibility index (Phi) is 5.73. The summed E-state index contributed by atoms with van der Waals surface area (Å²) in [6.45, 7) is 7.99. The molecule has 0 radical (unpaired) electrons. The van der Waals surface area contributed by atoms with E-state index in [0.29, 0.717) is 28.2 Å². The van der Waals surface area contributed by atoms with Gasteiger partial charge in [-0.1, -0.05) is 44.2 Å². The topological polar surface area (TPSA) is 114 Å². The maximum absolute atomic E-state index is 14.3. The summed E-state index contributed by atoms with van der Waals surface area (Å²) in [5, 5.41) is 1.84. The molecular weight excluding hydrogens is 507 g/mol. The SMILES string of the molecule is Cc1cc(C(N)=O)c2[nH]c3cc(C(C)C)ccc3c2c1-c1cccc(-n2c(=O)[nH]c3c(F)cccc3c2=O)c1C. The van der Waals surface area contributed by atoms with Gasteiger partial charge in [-0.2, -0.15) is 0 Å². The lowest BCUT2D eigenvalue weighted by Gasteiger charge is -2.17. The first kappa shape index (κ1) is 25.3. The largest absolute Gasteiger partial charge is 0.366 e. The Hall–Kier alpha value is -4.98. The van der Waals surface area contributed by atoms with Gasteiger partial charge in [0.1, 0.15) is 5.82 Å². The van der Waals surface area contributed by atoms with E-state index in [1.165, 1.54) is 18.2 Å². The van der Waals surface area contributed by atoms with Gasteiger partial charge in [-0.3, -0.25) is 9.59 Å². The van der Waals surface area contributed by atoms with E-state index in [9.17, 15) is 18.8 Å². The summed E-state index contributed by atoms with van der Waals surface area (Å²) < 4.78 is 15.4. The lowest BCUT2D eigenvalue weighted by atomic mass is 9.89. The van der Waals surface area contributed by atoms with Gasteiger partial charge in [0, 0.05) is 16.3 Å². The van der Waals surface area contributed by atoms with Crippen LogP contribution in [0.5, 0.6) is 0 Å². The fourth-order valence-electron chi connectivity index (χ4n) is 5.70. The fourth-order valence-corrected chi connectivity index (χ4v) is 5.70. The number of para-hydroxylation sites is 1. The summed E-state index contributed by atoms with van der Waals surface area (Å²) in [5.74, 6) is -0.891. The molecule has 0 aliphatic rings. The highest BCUT2D eigenvalue weighted by molar-refractivity contribution is 6.20. The third kappa shape index (κ3) is 3.67. The van der Waals surface area contributed by atoms with Crippen LogP contribution >= 0.6 is 0 Å². The van der Waals surface area contributed by atoms with Crippen molar-refractivity contribution in [2.45, 2.75) is 33.6 Å². The summed E-state index contributed by atoms with van der Waals surface area (Å²) in [4.78, 5) is 45.0. The first-order valence-electron chi connectivity index (χ1n) is 13.0. The number of aromatic amines is 2. The second-order valence-electron chi connectivity index (χ2n) is 10.5. The van der Waals surface area contributed by atoms with Gasteiger partial charge in [0.15, 0.2) is 0 Å². The smallest absolute Gasteiger partial charge is 0.333 e. The summed E-state index contributed by atoms with van der Waals surface area (Å²) in [5.41, 5.74) is 10.9. The molecule has 7 nitrogen and oxygen atoms in total. The van der Waals surface area contributed by atoms with Crippen LogP contribution < -0.4 is 17.0 Å². The van der Waals surface area contributed by atoms with Crippen molar-refractivity contribution >= 4 is 38.6 Å². The number of nitrogens with one attached hydrogen (secondary N) is 2. The number of fused-ring (bicyclic) bond motifs is 4. The van der Waals surface area contributed by atoms with Gasteiger partial charge in [0.05, 0.1) is 27.7 Å². The Morgan fingerprint density at radius 1 is 0.925 bits per heavy atom. The number of carbonyl (C=O) groups is 1. The zero-order valence-corrected chi connectivity index (χ0v) is 22.5. The number of hydrogen-bond acceptors (Lipinski definition) is 3. The number of aromatic nitrogens is 3. The maximum atomic E-state index is 14.3. The van der Waals surface area contributed by atoms with E-state index >= 15 is 0 Å². The van der Waals surface area contributed by atoms with Crippen molar-refractivity contribution in [3.05, 3.63) is 110 Å². The van der Waals surface area contributed by atoms with Crippen LogP contribution in [-0.2, 0) is 0 Å². The van der Waals surface area contributed by atoms with E-state index in [1.54, 1.807) is 18.2 Å². The van der Waals surface area contributed by atoms with Gasteiger partial charge in [-0.05, 0) is 77.9 Å². The molecule has 4 N–H and O–H groups in total. The predicted molar refractivity (Wildman–Crippen MR) is 157 cm³/mol. The summed E-state index contributed by atoms with van der Waals surface area (Å²) in [7, 11) is 0. The van der Waals surface area contributed by atoms with Crippen molar-refractivity contribution in [1.29, 1.82) is 0 Å². The Labute approximate surface area is 228 Å². The molecule has 0 bridgehead atoms. The molecule has 40 heavy (non-hydrogen) atoms. The quantitative estimate of drug-likeness (QED) is 0.259. The van der Waals surface area contributed by atoms with E-state index in [-0.39, 0.29) is 10.9 Å². The minimum absolute atomic E-state index is 0.0753. The summed E-state index contributed by atoms with van der Waals surface area (Å²) >= 11 is 0. The Bertz CT molecular complexity index is 2150. The number of nitrogens with two attached hydrogens (primary N) is 1. The lowest BCUT2D eigenvalue weighted by Crippen LogP contribution is -2.34. The molecule has 0 saturated carbocycles. The van der Waals surface area contributed by atoms with Crippen LogP contribution in [0, 0.1) is 19.7 Å². The summed E-state index contributed by atoms with van der Waals surface area (Å²) in [6.07, 6.45) is 0. The number of hydrogen-bond donors (Lipinski definition) is 3. The predicted octanol–water partition coefficient (Wildman–Crippen LogP) is 5.96. The second-order valence-corrected chi connectivity index (χ2v) is 10.5. The van der Waals surface area contributed by atoms with E-state index < -0.39 is 23.0 Å². The number of halogens is 1. The van der Waals surface area contributed by atoms with Crippen molar-refractivity contribution in [1.82, 2.24) is 14.5 Å². The van der Waals surface area contributed by atoms with Gasteiger partial charge in [0.25, 0.3) is 11.5 Å². The highest BCUT2D eigenvalue weighted by Crippen LogP contribution is 2.41. The average molecular weight is 535 g/mol. The second kappa shape index (κ2) is 9.05.